The second kappa shape index (κ2) is 6.77. The molecule has 7 nitrogen and oxygen atoms in total. The molecule has 0 spiro atoms. The van der Waals surface area contributed by atoms with Gasteiger partial charge in [0.15, 0.2) is 11.9 Å². The Hall–Kier alpha value is -2.27. The highest BCUT2D eigenvalue weighted by Gasteiger charge is 2.28. The lowest BCUT2D eigenvalue weighted by atomic mass is 10.3. The van der Waals surface area contributed by atoms with Gasteiger partial charge < -0.3 is 9.47 Å². The number of methoxy groups -OCH3 is 1. The number of nitrogens with one attached hydrogen (secondary N) is 1. The highest BCUT2D eigenvalue weighted by Crippen LogP contribution is 2.18. The number of rotatable bonds is 6. The number of hydrogen-bond acceptors (Lipinski definition) is 6. The van der Waals surface area contributed by atoms with Gasteiger partial charge in [0.25, 0.3) is 0 Å². The summed E-state index contributed by atoms with van der Waals surface area (Å²) in [5.74, 6) is -0.401. The van der Waals surface area contributed by atoms with Gasteiger partial charge in [0.1, 0.15) is 11.8 Å². The zero-order valence-electron chi connectivity index (χ0n) is 11.0. The Labute approximate surface area is 117 Å². The van der Waals surface area contributed by atoms with Crippen LogP contribution in [0.4, 0.5) is 5.69 Å². The number of nitrogens with zero attached hydrogens (tertiary/aromatic N) is 1. The fourth-order valence-electron chi connectivity index (χ4n) is 1.28. The second-order valence-electron chi connectivity index (χ2n) is 3.78. The summed E-state index contributed by atoms with van der Waals surface area (Å²) < 4.78 is 35.4. The van der Waals surface area contributed by atoms with Crippen LogP contribution in [0.5, 0.6) is 5.75 Å². The number of hydrogen-bond donors (Lipinski definition) is 1. The van der Waals surface area contributed by atoms with Crippen molar-refractivity contribution >= 4 is 21.7 Å². The first-order valence-electron chi connectivity index (χ1n) is 5.60. The molecule has 1 atom stereocenters. The molecule has 1 aromatic rings. The molecule has 1 aromatic carbocycles. The van der Waals surface area contributed by atoms with E-state index in [1.54, 1.807) is 0 Å². The van der Waals surface area contributed by atoms with Crippen LogP contribution in [-0.4, -0.2) is 33.4 Å². The number of carbonyl (C=O) groups is 1. The summed E-state index contributed by atoms with van der Waals surface area (Å²) in [7, 11) is -2.75. The summed E-state index contributed by atoms with van der Waals surface area (Å²) >= 11 is 0. The Morgan fingerprint density at radius 1 is 1.40 bits per heavy atom. The molecule has 0 aromatic heterocycles. The van der Waals surface area contributed by atoms with Crippen molar-refractivity contribution in [1.82, 2.24) is 0 Å². The van der Waals surface area contributed by atoms with Crippen molar-refractivity contribution in [2.45, 2.75) is 12.2 Å². The van der Waals surface area contributed by atoms with Gasteiger partial charge in [-0.1, -0.05) is 0 Å². The quantitative estimate of drug-likeness (QED) is 0.782. The average Bonchev–Trinajstić information content (AvgIpc) is 2.44. The maximum absolute atomic E-state index is 11.9. The lowest BCUT2D eigenvalue weighted by Crippen LogP contribution is -2.33. The fourth-order valence-corrected chi connectivity index (χ4v) is 2.27. The molecule has 0 fully saturated rings. The predicted molar refractivity (Wildman–Crippen MR) is 71.6 cm³/mol. The monoisotopic (exact) mass is 298 g/mol. The van der Waals surface area contributed by atoms with Gasteiger partial charge in [-0.3, -0.25) is 9.52 Å². The lowest BCUT2D eigenvalue weighted by molar-refractivity contribution is -0.139. The van der Waals surface area contributed by atoms with Crippen molar-refractivity contribution < 1.29 is 22.7 Å². The molecule has 8 heteroatoms. The minimum atomic E-state index is -3.87. The third-order valence-electron chi connectivity index (χ3n) is 2.42. The molecule has 0 amide bonds. The molecule has 20 heavy (non-hydrogen) atoms. The number of ether oxygens (including phenoxy) is 2. The highest BCUT2D eigenvalue weighted by atomic mass is 32.2. The predicted octanol–water partition coefficient (Wildman–Crippen LogP) is 0.892. The van der Waals surface area contributed by atoms with Crippen LogP contribution in [0.1, 0.15) is 6.92 Å². The fraction of sp³-hybridized carbons (Fsp3) is 0.333. The Balaban J connectivity index is 2.78. The topological polar surface area (TPSA) is 105 Å². The van der Waals surface area contributed by atoms with Gasteiger partial charge in [-0.2, -0.15) is 5.26 Å². The third-order valence-corrected chi connectivity index (χ3v) is 4.06. The molecule has 108 valence electrons. The van der Waals surface area contributed by atoms with Gasteiger partial charge in [0.05, 0.1) is 7.11 Å². The van der Waals surface area contributed by atoms with Crippen LogP contribution in [0.15, 0.2) is 24.3 Å². The van der Waals surface area contributed by atoms with Crippen LogP contribution in [-0.2, 0) is 19.6 Å². The van der Waals surface area contributed by atoms with Crippen LogP contribution < -0.4 is 9.46 Å². The smallest absolute Gasteiger partial charge is 0.325 e. The minimum Gasteiger partial charge on any atom is -0.479 e. The summed E-state index contributed by atoms with van der Waals surface area (Å²) in [6.45, 7) is 1.14. The van der Waals surface area contributed by atoms with Crippen LogP contribution in [0.3, 0.4) is 0 Å². The molecule has 0 aliphatic heterocycles. The van der Waals surface area contributed by atoms with E-state index >= 15 is 0 Å². The molecule has 0 bridgehead atoms. The molecular formula is C12H14N2O5S. The summed E-state index contributed by atoms with van der Waals surface area (Å²) in [4.78, 5) is 11.2. The maximum atomic E-state index is 11.9. The molecular weight excluding hydrogens is 284 g/mol. The molecule has 0 saturated heterocycles. The molecule has 0 aliphatic rings. The van der Waals surface area contributed by atoms with Crippen LogP contribution in [0, 0.1) is 11.3 Å². The first-order valence-corrected chi connectivity index (χ1v) is 7.14. The number of sulfonamides is 1. The first kappa shape index (κ1) is 15.8. The molecule has 0 saturated carbocycles. The molecule has 1 rings (SSSR count). The highest BCUT2D eigenvalue weighted by molar-refractivity contribution is 7.94. The van der Waals surface area contributed by atoms with E-state index in [4.69, 9.17) is 10.00 Å². The van der Waals surface area contributed by atoms with E-state index in [0.717, 1.165) is 7.11 Å². The summed E-state index contributed by atoms with van der Waals surface area (Å²) in [6.07, 6.45) is 0. The van der Waals surface area contributed by atoms with Crippen molar-refractivity contribution in [3.8, 4) is 11.8 Å². The minimum absolute atomic E-state index is 0.0928. The van der Waals surface area contributed by atoms with Gasteiger partial charge in [-0.25, -0.2) is 8.42 Å². The maximum Gasteiger partial charge on any atom is 0.325 e. The van der Waals surface area contributed by atoms with Gasteiger partial charge in [0, 0.05) is 5.69 Å². The van der Waals surface area contributed by atoms with Gasteiger partial charge in [-0.05, 0) is 31.2 Å². The Morgan fingerprint density at radius 2 is 2.00 bits per heavy atom. The second-order valence-corrected chi connectivity index (χ2v) is 5.78. The Bertz CT molecular complexity index is 604. The summed E-state index contributed by atoms with van der Waals surface area (Å²) in [6, 6.07) is 7.77. The van der Waals surface area contributed by atoms with E-state index in [9.17, 15) is 13.2 Å². The summed E-state index contributed by atoms with van der Waals surface area (Å²) in [5, 5.41) is 7.04. The number of benzene rings is 1. The lowest BCUT2D eigenvalue weighted by Gasteiger charge is -2.13. The zero-order valence-corrected chi connectivity index (χ0v) is 11.8. The number of nitriles is 1. The van der Waals surface area contributed by atoms with Crippen molar-refractivity contribution in [1.29, 1.82) is 5.26 Å². The van der Waals surface area contributed by atoms with E-state index in [1.807, 2.05) is 6.07 Å². The molecule has 0 aliphatic carbocycles. The number of esters is 1. The third kappa shape index (κ3) is 4.13. The standard InChI is InChI=1S/C12H14N2O5S/c1-9(12(15)18-2)20(16,17)14-10-3-5-11(6-4-10)19-8-7-13/h3-6,9,14H,8H2,1-2H3. The number of anilines is 1. The van der Waals surface area contributed by atoms with Crippen molar-refractivity contribution in [3.05, 3.63) is 24.3 Å². The van der Waals surface area contributed by atoms with E-state index in [-0.39, 0.29) is 12.3 Å². The van der Waals surface area contributed by atoms with Crippen molar-refractivity contribution in [3.63, 3.8) is 0 Å². The zero-order chi connectivity index (χ0) is 15.2. The SMILES string of the molecule is COC(=O)C(C)S(=O)(=O)Nc1ccc(OCC#N)cc1. The molecule has 0 heterocycles. The van der Waals surface area contributed by atoms with Gasteiger partial charge >= 0.3 is 5.97 Å². The van der Waals surface area contributed by atoms with E-state index in [1.165, 1.54) is 31.2 Å². The Kier molecular flexibility index (Phi) is 5.34. The summed E-state index contributed by atoms with van der Waals surface area (Å²) in [5.41, 5.74) is 0.282. The van der Waals surface area contributed by atoms with E-state index in [2.05, 4.69) is 9.46 Å². The first-order chi connectivity index (χ1) is 9.40. The van der Waals surface area contributed by atoms with Crippen LogP contribution >= 0.6 is 0 Å². The largest absolute Gasteiger partial charge is 0.479 e. The average molecular weight is 298 g/mol. The van der Waals surface area contributed by atoms with E-state index in [0.29, 0.717) is 5.75 Å². The normalized spacial score (nSPS) is 12.1. The van der Waals surface area contributed by atoms with Gasteiger partial charge in [0.2, 0.25) is 10.0 Å². The van der Waals surface area contributed by atoms with Crippen LogP contribution in [0.2, 0.25) is 0 Å². The van der Waals surface area contributed by atoms with Crippen molar-refractivity contribution in [2.75, 3.05) is 18.4 Å². The van der Waals surface area contributed by atoms with Gasteiger partial charge in [-0.15, -0.1) is 0 Å². The molecule has 1 N–H and O–H groups in total. The van der Waals surface area contributed by atoms with Crippen molar-refractivity contribution in [2.24, 2.45) is 0 Å². The molecule has 0 radical (unpaired) electrons. The van der Waals surface area contributed by atoms with E-state index < -0.39 is 21.2 Å². The number of carbonyl (C=O) groups excluding carboxylic acids is 1. The Morgan fingerprint density at radius 3 is 2.50 bits per heavy atom. The van der Waals surface area contributed by atoms with Crippen LogP contribution in [0.25, 0.3) is 0 Å². The molecule has 1 unspecified atom stereocenters.